The zero-order valence-electron chi connectivity index (χ0n) is 13.2. The molecule has 0 aromatic carbocycles. The summed E-state index contributed by atoms with van der Waals surface area (Å²) in [4.78, 5) is 40.0. The van der Waals surface area contributed by atoms with Crippen molar-refractivity contribution in [1.82, 2.24) is 15.0 Å². The maximum atomic E-state index is 12.5. The lowest BCUT2D eigenvalue weighted by molar-refractivity contribution is -0.139. The van der Waals surface area contributed by atoms with Gasteiger partial charge in [0.2, 0.25) is 5.91 Å². The third kappa shape index (κ3) is 3.74. The first-order valence-corrected chi connectivity index (χ1v) is 7.36. The van der Waals surface area contributed by atoms with Crippen LogP contribution in [0.25, 0.3) is 0 Å². The number of carbonyl (C=O) groups excluding carboxylic acids is 3. The molecule has 1 aromatic rings. The molecule has 2 amide bonds. The van der Waals surface area contributed by atoms with E-state index in [4.69, 9.17) is 0 Å². The Bertz CT molecular complexity index is 625. The number of ether oxygens (including phenoxy) is 1. The average molecular weight is 317 g/mol. The molecule has 1 aliphatic heterocycles. The highest BCUT2D eigenvalue weighted by Crippen LogP contribution is 2.16. The number of amides is 2. The molecule has 2 rings (SSSR count). The summed E-state index contributed by atoms with van der Waals surface area (Å²) in [6.07, 6.45) is 5.84. The van der Waals surface area contributed by atoms with Crippen molar-refractivity contribution in [3.63, 3.8) is 0 Å². The zero-order valence-corrected chi connectivity index (χ0v) is 13.2. The lowest BCUT2D eigenvalue weighted by Crippen LogP contribution is -2.44. The van der Waals surface area contributed by atoms with Crippen LogP contribution in [0, 0.1) is 0 Å². The number of allylic oxidation sites excluding steroid dienone is 1. The number of rotatable bonds is 4. The number of esters is 1. The molecule has 1 saturated heterocycles. The van der Waals surface area contributed by atoms with Gasteiger partial charge in [-0.1, -0.05) is 12.2 Å². The van der Waals surface area contributed by atoms with Crippen LogP contribution in [0.15, 0.2) is 30.5 Å². The molecule has 0 bridgehead atoms. The Morgan fingerprint density at radius 1 is 1.26 bits per heavy atom. The van der Waals surface area contributed by atoms with Gasteiger partial charge in [0, 0.05) is 25.7 Å². The molecule has 0 radical (unpaired) electrons. The largest absolute Gasteiger partial charge is 0.465 e. The molecule has 23 heavy (non-hydrogen) atoms. The van der Waals surface area contributed by atoms with Crippen molar-refractivity contribution in [2.24, 2.45) is 0 Å². The Labute approximate surface area is 134 Å². The van der Waals surface area contributed by atoms with Crippen LogP contribution in [-0.2, 0) is 9.53 Å². The molecule has 1 aromatic heterocycles. The van der Waals surface area contributed by atoms with Gasteiger partial charge in [-0.15, -0.1) is 0 Å². The zero-order chi connectivity index (χ0) is 16.8. The number of aromatic nitrogens is 1. The molecule has 0 N–H and O–H groups in total. The number of pyridine rings is 1. The molecule has 1 aliphatic rings. The summed E-state index contributed by atoms with van der Waals surface area (Å²) in [5.74, 6) is -0.992. The van der Waals surface area contributed by atoms with Gasteiger partial charge in [0.25, 0.3) is 5.91 Å². The van der Waals surface area contributed by atoms with E-state index in [2.05, 4.69) is 9.72 Å². The summed E-state index contributed by atoms with van der Waals surface area (Å²) < 4.78 is 4.59. The van der Waals surface area contributed by atoms with Crippen molar-refractivity contribution in [2.45, 2.75) is 19.8 Å². The molecule has 0 atom stereocenters. The second-order valence-electron chi connectivity index (χ2n) is 5.00. The number of nitrogens with zero attached hydrogens (tertiary/aromatic N) is 3. The third-order valence-electron chi connectivity index (χ3n) is 3.49. The molecule has 1 fully saturated rings. The first kappa shape index (κ1) is 16.7. The molecule has 2 heterocycles. The Hall–Kier alpha value is -2.70. The average Bonchev–Trinajstić information content (AvgIpc) is 3.08. The summed E-state index contributed by atoms with van der Waals surface area (Å²) in [6.45, 7) is 2.83. The monoisotopic (exact) mass is 317 g/mol. The van der Waals surface area contributed by atoms with E-state index in [-0.39, 0.29) is 29.5 Å². The fraction of sp³-hybridized carbons (Fsp3) is 0.375. The predicted molar refractivity (Wildman–Crippen MR) is 82.4 cm³/mol. The smallest absolute Gasteiger partial charge is 0.339 e. The minimum atomic E-state index is -0.513. The van der Waals surface area contributed by atoms with Gasteiger partial charge in [-0.05, 0) is 25.5 Å². The van der Waals surface area contributed by atoms with Crippen LogP contribution in [0.4, 0.5) is 0 Å². The molecule has 7 nitrogen and oxygen atoms in total. The molecular formula is C16H19N3O4. The van der Waals surface area contributed by atoms with Gasteiger partial charge in [-0.3, -0.25) is 19.6 Å². The van der Waals surface area contributed by atoms with E-state index in [0.29, 0.717) is 13.1 Å². The van der Waals surface area contributed by atoms with E-state index >= 15 is 0 Å². The first-order chi connectivity index (χ1) is 11.1. The standard InChI is InChI=1S/C16H19N3O4/c1-3-4-6-14(20)18-9-5-10-19(18)15(21)13-8-7-12(11-17-13)16(22)23-2/h3-4,7-8,11H,5-6,9-10H2,1-2H3. The first-order valence-electron chi connectivity index (χ1n) is 7.36. The second-order valence-corrected chi connectivity index (χ2v) is 5.00. The molecule has 122 valence electrons. The van der Waals surface area contributed by atoms with E-state index in [1.165, 1.54) is 35.5 Å². The van der Waals surface area contributed by atoms with E-state index in [9.17, 15) is 14.4 Å². The SMILES string of the molecule is CC=CCC(=O)N1CCCN1C(=O)c1ccc(C(=O)OC)cn1. The Balaban J connectivity index is 2.12. The Morgan fingerprint density at radius 2 is 2.00 bits per heavy atom. The van der Waals surface area contributed by atoms with Crippen LogP contribution < -0.4 is 0 Å². The number of methoxy groups -OCH3 is 1. The summed E-state index contributed by atoms with van der Waals surface area (Å²) in [7, 11) is 1.28. The van der Waals surface area contributed by atoms with Gasteiger partial charge in [-0.25, -0.2) is 9.80 Å². The maximum absolute atomic E-state index is 12.5. The van der Waals surface area contributed by atoms with E-state index in [0.717, 1.165) is 6.42 Å². The summed E-state index contributed by atoms with van der Waals surface area (Å²) >= 11 is 0. The highest BCUT2D eigenvalue weighted by Gasteiger charge is 2.31. The molecule has 7 heteroatoms. The van der Waals surface area contributed by atoms with Crippen molar-refractivity contribution in [3.05, 3.63) is 41.7 Å². The van der Waals surface area contributed by atoms with Crippen molar-refractivity contribution in [3.8, 4) is 0 Å². The van der Waals surface area contributed by atoms with E-state index in [1.807, 2.05) is 6.92 Å². The van der Waals surface area contributed by atoms with Crippen LogP contribution in [0.3, 0.4) is 0 Å². The number of hydrazine groups is 1. The van der Waals surface area contributed by atoms with Crippen molar-refractivity contribution in [2.75, 3.05) is 20.2 Å². The Morgan fingerprint density at radius 3 is 2.61 bits per heavy atom. The van der Waals surface area contributed by atoms with Crippen molar-refractivity contribution >= 4 is 17.8 Å². The predicted octanol–water partition coefficient (Wildman–Crippen LogP) is 1.42. The molecule has 0 spiro atoms. The number of hydrogen-bond acceptors (Lipinski definition) is 5. The normalized spacial score (nSPS) is 14.3. The van der Waals surface area contributed by atoms with Gasteiger partial charge in [0.15, 0.2) is 0 Å². The number of carbonyl (C=O) groups is 3. The second kappa shape index (κ2) is 7.53. The van der Waals surface area contributed by atoms with E-state index < -0.39 is 5.97 Å². The van der Waals surface area contributed by atoms with Gasteiger partial charge >= 0.3 is 5.97 Å². The van der Waals surface area contributed by atoms with Crippen LogP contribution in [0.5, 0.6) is 0 Å². The minimum absolute atomic E-state index is 0.125. The summed E-state index contributed by atoms with van der Waals surface area (Å²) in [5.41, 5.74) is 0.454. The minimum Gasteiger partial charge on any atom is -0.465 e. The van der Waals surface area contributed by atoms with Gasteiger partial charge in [0.1, 0.15) is 5.69 Å². The lowest BCUT2D eigenvalue weighted by Gasteiger charge is -2.27. The van der Waals surface area contributed by atoms with Crippen LogP contribution >= 0.6 is 0 Å². The third-order valence-corrected chi connectivity index (χ3v) is 3.49. The fourth-order valence-electron chi connectivity index (χ4n) is 2.30. The highest BCUT2D eigenvalue weighted by molar-refractivity contribution is 5.95. The molecular weight excluding hydrogens is 298 g/mol. The van der Waals surface area contributed by atoms with Gasteiger partial charge < -0.3 is 4.74 Å². The molecule has 0 aliphatic carbocycles. The highest BCUT2D eigenvalue weighted by atomic mass is 16.5. The molecule has 0 saturated carbocycles. The fourth-order valence-corrected chi connectivity index (χ4v) is 2.30. The van der Waals surface area contributed by atoms with Crippen molar-refractivity contribution < 1.29 is 19.1 Å². The van der Waals surface area contributed by atoms with Crippen molar-refractivity contribution in [1.29, 1.82) is 0 Å². The lowest BCUT2D eigenvalue weighted by atomic mass is 10.2. The summed E-state index contributed by atoms with van der Waals surface area (Å²) in [5, 5.41) is 2.87. The topological polar surface area (TPSA) is 79.8 Å². The van der Waals surface area contributed by atoms with Gasteiger partial charge in [0.05, 0.1) is 12.7 Å². The summed E-state index contributed by atoms with van der Waals surface area (Å²) in [6, 6.07) is 2.94. The Kier molecular flexibility index (Phi) is 5.46. The van der Waals surface area contributed by atoms with E-state index in [1.54, 1.807) is 12.2 Å². The number of hydrogen-bond donors (Lipinski definition) is 0. The quantitative estimate of drug-likeness (QED) is 0.620. The molecule has 0 unspecified atom stereocenters. The van der Waals surface area contributed by atoms with Crippen LogP contribution in [0.2, 0.25) is 0 Å². The van der Waals surface area contributed by atoms with Crippen LogP contribution in [0.1, 0.15) is 40.6 Å². The maximum Gasteiger partial charge on any atom is 0.339 e. The van der Waals surface area contributed by atoms with Gasteiger partial charge in [-0.2, -0.15) is 0 Å². The van der Waals surface area contributed by atoms with Crippen LogP contribution in [-0.4, -0.2) is 53.0 Å².